The molecule has 15 heavy (non-hydrogen) atoms. The molecule has 1 N–H and O–H groups in total. The minimum absolute atomic E-state index is 0.121. The summed E-state index contributed by atoms with van der Waals surface area (Å²) in [5.74, 6) is 0. The zero-order valence-corrected chi connectivity index (χ0v) is 10.7. The summed E-state index contributed by atoms with van der Waals surface area (Å²) < 4.78 is 5.40. The topological polar surface area (TPSA) is 29.5 Å². The summed E-state index contributed by atoms with van der Waals surface area (Å²) in [5, 5.41) is 9.69. The van der Waals surface area contributed by atoms with E-state index in [2.05, 4.69) is 13.8 Å². The highest BCUT2D eigenvalue weighted by molar-refractivity contribution is 4.63. The van der Waals surface area contributed by atoms with Gasteiger partial charge in [-0.25, -0.2) is 0 Å². The molecule has 0 fully saturated rings. The molecule has 2 nitrogen and oxygen atoms in total. The van der Waals surface area contributed by atoms with Gasteiger partial charge in [-0.1, -0.05) is 39.5 Å². The highest BCUT2D eigenvalue weighted by Gasteiger charge is 2.10. The summed E-state index contributed by atoms with van der Waals surface area (Å²) in [7, 11) is 1.78. The fourth-order valence-electron chi connectivity index (χ4n) is 1.77. The van der Waals surface area contributed by atoms with Crippen molar-refractivity contribution in [2.75, 3.05) is 7.11 Å². The normalized spacial score (nSPS) is 15.2. The highest BCUT2D eigenvalue weighted by atomic mass is 16.5. The molecule has 0 radical (unpaired) electrons. The molecule has 0 heterocycles. The third kappa shape index (κ3) is 8.88. The van der Waals surface area contributed by atoms with E-state index in [0.29, 0.717) is 6.10 Å². The second kappa shape index (κ2) is 10.4. The molecular weight excluding hydrogens is 188 g/mol. The molecule has 0 aliphatic heterocycles. The minimum atomic E-state index is -0.121. The summed E-state index contributed by atoms with van der Waals surface area (Å²) >= 11 is 0. The van der Waals surface area contributed by atoms with Crippen molar-refractivity contribution in [3.05, 3.63) is 0 Å². The fraction of sp³-hybridized carbons (Fsp3) is 1.00. The molecule has 0 saturated heterocycles. The number of rotatable bonds is 10. The highest BCUT2D eigenvalue weighted by Crippen LogP contribution is 2.14. The Morgan fingerprint density at radius 2 is 1.53 bits per heavy atom. The molecule has 0 aliphatic carbocycles. The third-order valence-corrected chi connectivity index (χ3v) is 2.93. The van der Waals surface area contributed by atoms with Gasteiger partial charge in [0.1, 0.15) is 0 Å². The summed E-state index contributed by atoms with van der Waals surface area (Å²) in [4.78, 5) is 0. The van der Waals surface area contributed by atoms with Gasteiger partial charge in [0.05, 0.1) is 12.2 Å². The number of hydrogen-bond acceptors (Lipinski definition) is 2. The molecule has 92 valence electrons. The van der Waals surface area contributed by atoms with Gasteiger partial charge in [0.2, 0.25) is 0 Å². The zero-order chi connectivity index (χ0) is 11.5. The lowest BCUT2D eigenvalue weighted by atomic mass is 10.0. The van der Waals surface area contributed by atoms with Crippen molar-refractivity contribution in [3.63, 3.8) is 0 Å². The predicted molar refractivity (Wildman–Crippen MR) is 65.1 cm³/mol. The van der Waals surface area contributed by atoms with Crippen LogP contribution in [-0.2, 0) is 4.74 Å². The molecule has 0 aromatic heterocycles. The maximum Gasteiger partial charge on any atom is 0.0572 e. The van der Waals surface area contributed by atoms with Crippen molar-refractivity contribution in [2.45, 2.75) is 77.4 Å². The van der Waals surface area contributed by atoms with Crippen LogP contribution in [0.4, 0.5) is 0 Å². The van der Waals surface area contributed by atoms with E-state index in [1.807, 2.05) is 0 Å². The van der Waals surface area contributed by atoms with E-state index in [0.717, 1.165) is 32.1 Å². The molecule has 2 atom stereocenters. The molecule has 0 saturated carbocycles. The Balaban J connectivity index is 3.50. The summed E-state index contributed by atoms with van der Waals surface area (Å²) in [6.45, 7) is 4.36. The SMILES string of the molecule is CCCC[C@@H](O)CC[C@H](CCCC)OC. The third-order valence-electron chi connectivity index (χ3n) is 2.93. The molecule has 0 amide bonds. The average Bonchev–Trinajstić information content (AvgIpc) is 2.26. The molecule has 0 rings (SSSR count). The van der Waals surface area contributed by atoms with Gasteiger partial charge >= 0.3 is 0 Å². The number of unbranched alkanes of at least 4 members (excludes halogenated alkanes) is 2. The first-order chi connectivity index (χ1) is 7.24. The van der Waals surface area contributed by atoms with Crippen molar-refractivity contribution < 1.29 is 9.84 Å². The zero-order valence-electron chi connectivity index (χ0n) is 10.7. The number of methoxy groups -OCH3 is 1. The van der Waals surface area contributed by atoms with Crippen LogP contribution in [0.2, 0.25) is 0 Å². The molecule has 0 spiro atoms. The molecule has 2 heteroatoms. The lowest BCUT2D eigenvalue weighted by Gasteiger charge is -2.17. The first-order valence-electron chi connectivity index (χ1n) is 6.45. The Morgan fingerprint density at radius 3 is 2.07 bits per heavy atom. The van der Waals surface area contributed by atoms with Crippen LogP contribution >= 0.6 is 0 Å². The monoisotopic (exact) mass is 216 g/mol. The summed E-state index contributed by atoms with van der Waals surface area (Å²) in [5.41, 5.74) is 0. The van der Waals surface area contributed by atoms with E-state index in [9.17, 15) is 5.11 Å². The van der Waals surface area contributed by atoms with E-state index in [4.69, 9.17) is 4.74 Å². The van der Waals surface area contributed by atoms with Gasteiger partial charge < -0.3 is 9.84 Å². The van der Waals surface area contributed by atoms with Crippen LogP contribution < -0.4 is 0 Å². The maximum absolute atomic E-state index is 9.69. The van der Waals surface area contributed by atoms with Crippen LogP contribution in [0.5, 0.6) is 0 Å². The lowest BCUT2D eigenvalue weighted by molar-refractivity contribution is 0.0636. The van der Waals surface area contributed by atoms with Crippen LogP contribution in [0, 0.1) is 0 Å². The van der Waals surface area contributed by atoms with E-state index in [-0.39, 0.29) is 6.10 Å². The Kier molecular flexibility index (Phi) is 10.4. The predicted octanol–water partition coefficient (Wildman–Crippen LogP) is 3.52. The van der Waals surface area contributed by atoms with E-state index >= 15 is 0 Å². The van der Waals surface area contributed by atoms with Crippen LogP contribution in [0.25, 0.3) is 0 Å². The van der Waals surface area contributed by atoms with Gasteiger partial charge in [-0.2, -0.15) is 0 Å². The maximum atomic E-state index is 9.69. The second-order valence-corrected chi connectivity index (χ2v) is 4.37. The number of aliphatic hydroxyl groups excluding tert-OH is 1. The van der Waals surface area contributed by atoms with Gasteiger partial charge in [0, 0.05) is 7.11 Å². The molecule has 0 aliphatic rings. The largest absolute Gasteiger partial charge is 0.393 e. The molecule has 0 aromatic carbocycles. The van der Waals surface area contributed by atoms with Crippen LogP contribution in [0.1, 0.15) is 65.2 Å². The summed E-state index contributed by atoms with van der Waals surface area (Å²) in [6, 6.07) is 0. The minimum Gasteiger partial charge on any atom is -0.393 e. The van der Waals surface area contributed by atoms with E-state index in [1.165, 1.54) is 19.3 Å². The van der Waals surface area contributed by atoms with Crippen molar-refractivity contribution in [1.82, 2.24) is 0 Å². The first kappa shape index (κ1) is 14.9. The Bertz CT molecular complexity index is 126. The van der Waals surface area contributed by atoms with Gasteiger partial charge in [-0.15, -0.1) is 0 Å². The van der Waals surface area contributed by atoms with Crippen molar-refractivity contribution >= 4 is 0 Å². The van der Waals surface area contributed by atoms with Gasteiger partial charge in [0.25, 0.3) is 0 Å². The van der Waals surface area contributed by atoms with Gasteiger partial charge in [-0.3, -0.25) is 0 Å². The number of ether oxygens (including phenoxy) is 1. The Labute approximate surface area is 95.0 Å². The number of aliphatic hydroxyl groups is 1. The Hall–Kier alpha value is -0.0800. The smallest absolute Gasteiger partial charge is 0.0572 e. The van der Waals surface area contributed by atoms with Crippen molar-refractivity contribution in [2.24, 2.45) is 0 Å². The first-order valence-corrected chi connectivity index (χ1v) is 6.45. The van der Waals surface area contributed by atoms with E-state index in [1.54, 1.807) is 7.11 Å². The molecular formula is C13H28O2. The van der Waals surface area contributed by atoms with Crippen molar-refractivity contribution in [3.8, 4) is 0 Å². The standard InChI is InChI=1S/C13H28O2/c1-4-6-8-12(14)10-11-13(15-3)9-7-5-2/h12-14H,4-11H2,1-3H3/t12-,13+/m1/s1. The van der Waals surface area contributed by atoms with Crippen molar-refractivity contribution in [1.29, 1.82) is 0 Å². The quantitative estimate of drug-likeness (QED) is 0.605. The van der Waals surface area contributed by atoms with Crippen LogP contribution in [0.3, 0.4) is 0 Å². The molecule has 0 aromatic rings. The Morgan fingerprint density at radius 1 is 0.933 bits per heavy atom. The molecule has 0 bridgehead atoms. The van der Waals surface area contributed by atoms with E-state index < -0.39 is 0 Å². The van der Waals surface area contributed by atoms with Gasteiger partial charge in [0.15, 0.2) is 0 Å². The van der Waals surface area contributed by atoms with Crippen LogP contribution in [0.15, 0.2) is 0 Å². The number of hydrogen-bond donors (Lipinski definition) is 1. The molecule has 0 unspecified atom stereocenters. The fourth-order valence-corrected chi connectivity index (χ4v) is 1.77. The lowest BCUT2D eigenvalue weighted by Crippen LogP contribution is -2.15. The van der Waals surface area contributed by atoms with Gasteiger partial charge in [-0.05, 0) is 25.7 Å². The van der Waals surface area contributed by atoms with Crippen LogP contribution in [-0.4, -0.2) is 24.4 Å². The average molecular weight is 216 g/mol. The summed E-state index contributed by atoms with van der Waals surface area (Å²) in [6.07, 6.45) is 8.94. The second-order valence-electron chi connectivity index (χ2n) is 4.37.